The van der Waals surface area contributed by atoms with E-state index < -0.39 is 0 Å². The van der Waals surface area contributed by atoms with Crippen molar-refractivity contribution < 1.29 is 9.59 Å². The Morgan fingerprint density at radius 3 is 2.26 bits per heavy atom. The molecule has 1 aromatic heterocycles. The number of aromatic amines is 1. The molecule has 6 nitrogen and oxygen atoms in total. The van der Waals surface area contributed by atoms with E-state index in [1.54, 1.807) is 18.5 Å². The van der Waals surface area contributed by atoms with Crippen LogP contribution in [0.2, 0.25) is 0 Å². The number of rotatable bonds is 6. The minimum atomic E-state index is -0.215. The second-order valence-electron chi connectivity index (χ2n) is 8.46. The third-order valence-corrected chi connectivity index (χ3v) is 6.38. The van der Waals surface area contributed by atoms with Crippen molar-refractivity contribution in [1.82, 2.24) is 14.9 Å². The number of aromatic nitrogens is 2. The number of hydrogen-bond donors (Lipinski definition) is 2. The van der Waals surface area contributed by atoms with E-state index in [1.165, 1.54) is 4.90 Å². The summed E-state index contributed by atoms with van der Waals surface area (Å²) in [6.07, 6.45) is 2.36. The zero-order chi connectivity index (χ0) is 23.1. The van der Waals surface area contributed by atoms with Crippen LogP contribution in [0.4, 0.5) is 5.69 Å². The maximum atomic E-state index is 13.0. The standard InChI is InChI=1S/C28H22N4O2/c33-27-22-6-1-4-19-5-2-7-23(26(19)22)28(34)32(27)15-3-14-29-21-11-8-18(9-12-21)20-10-13-24-25(16-20)31-17-30-24/h1-2,4-13,16-17,29H,3,14-15H2,(H,30,31). The van der Waals surface area contributed by atoms with Gasteiger partial charge in [0, 0.05) is 35.3 Å². The second kappa shape index (κ2) is 8.15. The molecule has 0 aliphatic carbocycles. The highest BCUT2D eigenvalue weighted by Gasteiger charge is 2.32. The van der Waals surface area contributed by atoms with E-state index >= 15 is 0 Å². The van der Waals surface area contributed by atoms with Gasteiger partial charge in [0.25, 0.3) is 11.8 Å². The van der Waals surface area contributed by atoms with Gasteiger partial charge >= 0.3 is 0 Å². The van der Waals surface area contributed by atoms with Crippen molar-refractivity contribution in [2.45, 2.75) is 6.42 Å². The molecule has 0 saturated carbocycles. The topological polar surface area (TPSA) is 78.1 Å². The summed E-state index contributed by atoms with van der Waals surface area (Å²) in [7, 11) is 0. The van der Waals surface area contributed by atoms with Gasteiger partial charge in [-0.1, -0.05) is 42.5 Å². The fraction of sp³-hybridized carbons (Fsp3) is 0.107. The Balaban J connectivity index is 1.09. The van der Waals surface area contributed by atoms with E-state index in [0.29, 0.717) is 30.6 Å². The summed E-state index contributed by atoms with van der Waals surface area (Å²) in [6.45, 7) is 1.03. The maximum Gasteiger partial charge on any atom is 0.261 e. The second-order valence-corrected chi connectivity index (χ2v) is 8.46. The predicted molar refractivity (Wildman–Crippen MR) is 134 cm³/mol. The Hall–Kier alpha value is -4.45. The largest absolute Gasteiger partial charge is 0.385 e. The molecule has 2 N–H and O–H groups in total. The zero-order valence-corrected chi connectivity index (χ0v) is 18.4. The van der Waals surface area contributed by atoms with Crippen LogP contribution in [0.1, 0.15) is 27.1 Å². The van der Waals surface area contributed by atoms with Crippen molar-refractivity contribution in [2.75, 3.05) is 18.4 Å². The zero-order valence-electron chi connectivity index (χ0n) is 18.4. The number of fused-ring (bicyclic) bond motifs is 1. The minimum Gasteiger partial charge on any atom is -0.385 e. The van der Waals surface area contributed by atoms with Crippen LogP contribution >= 0.6 is 0 Å². The molecule has 6 heteroatoms. The summed E-state index contributed by atoms with van der Waals surface area (Å²) >= 11 is 0. The summed E-state index contributed by atoms with van der Waals surface area (Å²) in [4.78, 5) is 34.8. The summed E-state index contributed by atoms with van der Waals surface area (Å²) in [6, 6.07) is 25.6. The van der Waals surface area contributed by atoms with Crippen molar-refractivity contribution in [3.05, 3.63) is 96.3 Å². The van der Waals surface area contributed by atoms with E-state index in [0.717, 1.165) is 38.6 Å². The molecule has 0 saturated heterocycles. The maximum absolute atomic E-state index is 13.0. The molecule has 34 heavy (non-hydrogen) atoms. The number of carbonyl (C=O) groups excluding carboxylic acids is 2. The number of imide groups is 1. The number of nitrogens with zero attached hydrogens (tertiary/aromatic N) is 2. The van der Waals surface area contributed by atoms with Gasteiger partial charge in [0.15, 0.2) is 0 Å². The Kier molecular flexibility index (Phi) is 4.84. The fourth-order valence-corrected chi connectivity index (χ4v) is 4.65. The quantitative estimate of drug-likeness (QED) is 0.267. The van der Waals surface area contributed by atoms with Gasteiger partial charge in [-0.25, -0.2) is 4.98 Å². The first-order valence-electron chi connectivity index (χ1n) is 11.3. The lowest BCUT2D eigenvalue weighted by molar-refractivity contribution is 0.0610. The van der Waals surface area contributed by atoms with Crippen molar-refractivity contribution in [3.8, 4) is 11.1 Å². The predicted octanol–water partition coefficient (Wildman–Crippen LogP) is 5.48. The van der Waals surface area contributed by atoms with Crippen LogP contribution in [-0.2, 0) is 0 Å². The Bertz CT molecular complexity index is 1500. The number of anilines is 1. The lowest BCUT2D eigenvalue weighted by Crippen LogP contribution is -2.41. The summed E-state index contributed by atoms with van der Waals surface area (Å²) in [5.41, 5.74) is 6.42. The molecule has 2 amide bonds. The van der Waals surface area contributed by atoms with Crippen LogP contribution in [0.25, 0.3) is 32.9 Å². The van der Waals surface area contributed by atoms with E-state index in [2.05, 4.69) is 39.6 Å². The molecule has 0 fully saturated rings. The molecular formula is C28H22N4O2. The van der Waals surface area contributed by atoms with Gasteiger partial charge in [-0.3, -0.25) is 14.5 Å². The van der Waals surface area contributed by atoms with Crippen LogP contribution < -0.4 is 5.32 Å². The van der Waals surface area contributed by atoms with Crippen molar-refractivity contribution in [3.63, 3.8) is 0 Å². The molecule has 4 aromatic carbocycles. The van der Waals surface area contributed by atoms with Gasteiger partial charge in [0.05, 0.1) is 17.4 Å². The van der Waals surface area contributed by atoms with Gasteiger partial charge in [-0.15, -0.1) is 0 Å². The molecule has 1 aliphatic rings. The number of nitrogens with one attached hydrogen (secondary N) is 2. The van der Waals surface area contributed by atoms with Crippen LogP contribution in [0, 0.1) is 0 Å². The highest BCUT2D eigenvalue weighted by molar-refractivity contribution is 6.25. The Morgan fingerprint density at radius 2 is 1.53 bits per heavy atom. The van der Waals surface area contributed by atoms with Crippen LogP contribution in [-0.4, -0.2) is 39.8 Å². The summed E-state index contributed by atoms with van der Waals surface area (Å²) < 4.78 is 0. The van der Waals surface area contributed by atoms with Gasteiger partial charge in [-0.2, -0.15) is 0 Å². The normalized spacial score (nSPS) is 13.1. The average Bonchev–Trinajstić information content (AvgIpc) is 3.35. The molecule has 2 heterocycles. The smallest absolute Gasteiger partial charge is 0.261 e. The molecule has 0 unspecified atom stereocenters. The number of imidazole rings is 1. The van der Waals surface area contributed by atoms with E-state index in [-0.39, 0.29) is 11.8 Å². The van der Waals surface area contributed by atoms with Gasteiger partial charge < -0.3 is 10.3 Å². The molecular weight excluding hydrogens is 424 g/mol. The Labute approximate surface area is 196 Å². The number of H-pyrrole nitrogens is 1. The third kappa shape index (κ3) is 3.40. The van der Waals surface area contributed by atoms with E-state index in [4.69, 9.17) is 0 Å². The SMILES string of the molecule is O=C1c2cccc3cccc(c23)C(=O)N1CCCNc1ccc(-c2ccc3nc[nH]c3c2)cc1. The molecule has 166 valence electrons. The molecule has 6 rings (SSSR count). The van der Waals surface area contributed by atoms with E-state index in [1.807, 2.05) is 42.5 Å². The highest BCUT2D eigenvalue weighted by atomic mass is 16.2. The summed E-state index contributed by atoms with van der Waals surface area (Å²) in [5, 5.41) is 5.08. The highest BCUT2D eigenvalue weighted by Crippen LogP contribution is 2.30. The first-order chi connectivity index (χ1) is 16.7. The van der Waals surface area contributed by atoms with Crippen LogP contribution in [0.15, 0.2) is 85.2 Å². The molecule has 0 atom stereocenters. The average molecular weight is 447 g/mol. The summed E-state index contributed by atoms with van der Waals surface area (Å²) in [5.74, 6) is -0.430. The molecule has 0 bridgehead atoms. The van der Waals surface area contributed by atoms with Crippen molar-refractivity contribution in [1.29, 1.82) is 0 Å². The molecule has 0 radical (unpaired) electrons. The van der Waals surface area contributed by atoms with E-state index in [9.17, 15) is 9.59 Å². The lowest BCUT2D eigenvalue weighted by atomic mass is 9.94. The first-order valence-corrected chi connectivity index (χ1v) is 11.3. The number of benzene rings is 4. The van der Waals surface area contributed by atoms with Crippen molar-refractivity contribution >= 4 is 39.3 Å². The Morgan fingerprint density at radius 1 is 0.824 bits per heavy atom. The molecule has 0 spiro atoms. The third-order valence-electron chi connectivity index (χ3n) is 6.38. The molecule has 5 aromatic rings. The first kappa shape index (κ1) is 20.2. The van der Waals surface area contributed by atoms with Crippen LogP contribution in [0.5, 0.6) is 0 Å². The molecule has 1 aliphatic heterocycles. The minimum absolute atomic E-state index is 0.215. The van der Waals surface area contributed by atoms with Gasteiger partial charge in [0.2, 0.25) is 0 Å². The van der Waals surface area contributed by atoms with Gasteiger partial charge in [0.1, 0.15) is 0 Å². The number of amides is 2. The monoisotopic (exact) mass is 446 g/mol. The fourth-order valence-electron chi connectivity index (χ4n) is 4.65. The van der Waals surface area contributed by atoms with Crippen LogP contribution in [0.3, 0.4) is 0 Å². The number of hydrogen-bond acceptors (Lipinski definition) is 4. The number of carbonyl (C=O) groups is 2. The lowest BCUT2D eigenvalue weighted by Gasteiger charge is -2.27. The van der Waals surface area contributed by atoms with Crippen molar-refractivity contribution in [2.24, 2.45) is 0 Å². The van der Waals surface area contributed by atoms with Gasteiger partial charge in [-0.05, 0) is 59.3 Å².